The van der Waals surface area contributed by atoms with Crippen molar-refractivity contribution in [2.45, 2.75) is 90.4 Å². The second kappa shape index (κ2) is 12.4. The molecule has 144 valence electrons. The summed E-state index contributed by atoms with van der Waals surface area (Å²) in [6, 6.07) is 5.94. The van der Waals surface area contributed by atoms with Gasteiger partial charge < -0.3 is 9.29 Å². The van der Waals surface area contributed by atoms with Gasteiger partial charge in [0, 0.05) is 0 Å². The van der Waals surface area contributed by atoms with E-state index in [0.717, 1.165) is 44.1 Å². The van der Waals surface area contributed by atoms with E-state index in [1.165, 1.54) is 25.3 Å². The molecule has 0 spiro atoms. The molecule has 1 aromatic carbocycles. The Morgan fingerprint density at radius 3 is 2.08 bits per heavy atom. The zero-order valence-electron chi connectivity index (χ0n) is 17.1. The smallest absolute Gasteiger partial charge is 0.745 e. The summed E-state index contributed by atoms with van der Waals surface area (Å²) in [4.78, 5) is -1.73. The molecule has 0 amide bonds. The van der Waals surface area contributed by atoms with Crippen molar-refractivity contribution < 1.29 is 47.3 Å². The summed E-state index contributed by atoms with van der Waals surface area (Å²) in [5, 5.41) is 0. The molecule has 0 heterocycles. The third kappa shape index (κ3) is 7.89. The Balaban J connectivity index is 0.00000625. The maximum Gasteiger partial charge on any atom is 1.00 e. The molecule has 0 aliphatic carbocycles. The molecule has 0 bridgehead atoms. The van der Waals surface area contributed by atoms with Gasteiger partial charge in [-0.25, -0.2) is 8.42 Å². The van der Waals surface area contributed by atoms with Crippen LogP contribution in [0.4, 0.5) is 0 Å². The third-order valence-corrected chi connectivity index (χ3v) is 6.17. The predicted molar refractivity (Wildman–Crippen MR) is 102 cm³/mol. The summed E-state index contributed by atoms with van der Waals surface area (Å²) in [6.45, 7) is 7.35. The van der Waals surface area contributed by atoms with Crippen molar-refractivity contribution in [3.8, 4) is 5.75 Å². The van der Waals surface area contributed by atoms with Crippen molar-refractivity contribution in [2.75, 3.05) is 0 Å². The third-order valence-electron chi connectivity index (χ3n) is 4.74. The van der Waals surface area contributed by atoms with Crippen LogP contribution in [-0.2, 0) is 23.0 Å². The Bertz CT molecular complexity index is 631. The molecule has 0 saturated heterocycles. The Morgan fingerprint density at radius 2 is 1.58 bits per heavy atom. The van der Waals surface area contributed by atoms with E-state index in [-0.39, 0.29) is 36.0 Å². The summed E-state index contributed by atoms with van der Waals surface area (Å²) < 4.78 is 40.6. The number of benzene rings is 1. The molecule has 1 atom stereocenters. The van der Waals surface area contributed by atoms with Crippen LogP contribution in [0.5, 0.6) is 5.75 Å². The van der Waals surface area contributed by atoms with Crippen LogP contribution in [0.1, 0.15) is 83.8 Å². The zero-order chi connectivity index (χ0) is 18.9. The molecule has 1 unspecified atom stereocenters. The van der Waals surface area contributed by atoms with E-state index in [1.54, 1.807) is 6.92 Å². The number of hydrogen-bond acceptors (Lipinski definition) is 4. The van der Waals surface area contributed by atoms with Crippen molar-refractivity contribution in [1.29, 1.82) is 0 Å². The van der Waals surface area contributed by atoms with Crippen LogP contribution in [0.3, 0.4) is 0 Å². The van der Waals surface area contributed by atoms with E-state index in [1.807, 2.05) is 12.1 Å². The van der Waals surface area contributed by atoms with Crippen LogP contribution in [0.2, 0.25) is 0 Å². The fraction of sp³-hybridized carbons (Fsp3) is 0.700. The van der Waals surface area contributed by atoms with Crippen molar-refractivity contribution in [3.05, 3.63) is 29.3 Å². The fourth-order valence-corrected chi connectivity index (χ4v) is 3.31. The van der Waals surface area contributed by atoms with Gasteiger partial charge in [0.25, 0.3) is 0 Å². The van der Waals surface area contributed by atoms with Gasteiger partial charge in [-0.05, 0) is 56.2 Å². The van der Waals surface area contributed by atoms with Gasteiger partial charge in [0.1, 0.15) is 15.9 Å². The van der Waals surface area contributed by atoms with Crippen molar-refractivity contribution >= 4 is 10.1 Å². The SMILES string of the molecule is CCCCCc1ccc(OC(C)(CC)S(=O)(=O)[O-])c(CCCCC)c1.[Na+]. The van der Waals surface area contributed by atoms with Gasteiger partial charge >= 0.3 is 29.6 Å². The minimum atomic E-state index is -4.55. The maximum absolute atomic E-state index is 11.6. The normalized spacial score (nSPS) is 13.7. The molecular formula is C20H33NaO4S. The molecule has 0 aliphatic heterocycles. The Morgan fingerprint density at radius 1 is 1.00 bits per heavy atom. The Labute approximate surface area is 182 Å². The standard InChI is InChI=1S/C20H34O4S.Na/c1-5-8-10-12-17-14-15-19(18(16-17)13-11-9-6-2)24-20(4,7-3)25(21,22)23;/h14-16H,5-13H2,1-4H3,(H,21,22,23);/q;+1/p-1. The first-order chi connectivity index (χ1) is 11.8. The van der Waals surface area contributed by atoms with Crippen LogP contribution in [0.25, 0.3) is 0 Å². The van der Waals surface area contributed by atoms with Gasteiger partial charge in [-0.15, -0.1) is 0 Å². The van der Waals surface area contributed by atoms with Gasteiger partial charge in [0.15, 0.2) is 4.93 Å². The molecule has 0 N–H and O–H groups in total. The first-order valence-corrected chi connectivity index (χ1v) is 10.9. The van der Waals surface area contributed by atoms with E-state index >= 15 is 0 Å². The maximum atomic E-state index is 11.6. The topological polar surface area (TPSA) is 66.4 Å². The second-order valence-corrected chi connectivity index (χ2v) is 8.67. The molecule has 4 nitrogen and oxygen atoms in total. The average Bonchev–Trinajstić information content (AvgIpc) is 2.56. The molecule has 0 saturated carbocycles. The molecule has 1 aromatic rings. The monoisotopic (exact) mass is 392 g/mol. The van der Waals surface area contributed by atoms with E-state index in [0.29, 0.717) is 5.75 Å². The molecule has 1 rings (SSSR count). The summed E-state index contributed by atoms with van der Waals surface area (Å²) in [5.41, 5.74) is 2.25. The average molecular weight is 393 g/mol. The second-order valence-electron chi connectivity index (χ2n) is 6.90. The quantitative estimate of drug-likeness (QED) is 0.311. The predicted octanol–water partition coefficient (Wildman–Crippen LogP) is 2.21. The van der Waals surface area contributed by atoms with E-state index in [2.05, 4.69) is 19.9 Å². The molecular weight excluding hydrogens is 359 g/mol. The van der Waals surface area contributed by atoms with E-state index < -0.39 is 15.1 Å². The van der Waals surface area contributed by atoms with Gasteiger partial charge in [0.2, 0.25) is 0 Å². The van der Waals surface area contributed by atoms with Gasteiger partial charge in [-0.3, -0.25) is 0 Å². The zero-order valence-corrected chi connectivity index (χ0v) is 20.0. The summed E-state index contributed by atoms with van der Waals surface area (Å²) in [6.07, 6.45) is 8.75. The Kier molecular flexibility index (Phi) is 12.4. The minimum Gasteiger partial charge on any atom is -0.745 e. The summed E-state index contributed by atoms with van der Waals surface area (Å²) in [7, 11) is -4.55. The fourth-order valence-electron chi connectivity index (χ4n) is 2.76. The summed E-state index contributed by atoms with van der Waals surface area (Å²) in [5.74, 6) is 0.527. The first kappa shape index (κ1) is 25.9. The van der Waals surface area contributed by atoms with Crippen molar-refractivity contribution in [3.63, 3.8) is 0 Å². The van der Waals surface area contributed by atoms with Crippen molar-refractivity contribution in [1.82, 2.24) is 0 Å². The van der Waals surface area contributed by atoms with Crippen LogP contribution >= 0.6 is 0 Å². The van der Waals surface area contributed by atoms with Crippen LogP contribution in [0.15, 0.2) is 18.2 Å². The summed E-state index contributed by atoms with van der Waals surface area (Å²) >= 11 is 0. The van der Waals surface area contributed by atoms with Crippen molar-refractivity contribution in [2.24, 2.45) is 0 Å². The molecule has 0 aromatic heterocycles. The Hall–Kier alpha value is -0.0700. The van der Waals surface area contributed by atoms with Crippen LogP contribution in [-0.4, -0.2) is 17.9 Å². The van der Waals surface area contributed by atoms with Crippen LogP contribution < -0.4 is 34.3 Å². The van der Waals surface area contributed by atoms with E-state index in [4.69, 9.17) is 4.74 Å². The number of hydrogen-bond donors (Lipinski definition) is 0. The van der Waals surface area contributed by atoms with Gasteiger partial charge in [0.05, 0.1) is 0 Å². The number of ether oxygens (including phenoxy) is 1. The molecule has 0 fully saturated rings. The largest absolute Gasteiger partial charge is 1.00 e. The number of rotatable bonds is 12. The molecule has 6 heteroatoms. The molecule has 0 radical (unpaired) electrons. The van der Waals surface area contributed by atoms with E-state index in [9.17, 15) is 13.0 Å². The number of aryl methyl sites for hydroxylation is 2. The molecule has 26 heavy (non-hydrogen) atoms. The van der Waals surface area contributed by atoms with Gasteiger partial charge in [-0.1, -0.05) is 58.6 Å². The van der Waals surface area contributed by atoms with Gasteiger partial charge in [-0.2, -0.15) is 0 Å². The molecule has 0 aliphatic rings. The first-order valence-electron chi connectivity index (χ1n) is 9.53. The van der Waals surface area contributed by atoms with Crippen LogP contribution in [0, 0.1) is 0 Å². The minimum absolute atomic E-state index is 0. The number of unbranched alkanes of at least 4 members (excludes halogenated alkanes) is 4.